The molecule has 3 N–H and O–H groups in total. The molecule has 3 heterocycles. The summed E-state index contributed by atoms with van der Waals surface area (Å²) in [5.74, 6) is -11.8. The number of hydrogen-bond acceptors (Lipinski definition) is 8. The van der Waals surface area contributed by atoms with Crippen LogP contribution in [0.5, 0.6) is 0 Å². The van der Waals surface area contributed by atoms with E-state index >= 15 is 0 Å². The fourth-order valence-corrected chi connectivity index (χ4v) is 5.84. The molecule has 2 saturated carbocycles. The van der Waals surface area contributed by atoms with Crippen LogP contribution in [-0.2, 0) is 0 Å². The summed E-state index contributed by atoms with van der Waals surface area (Å²) in [5.41, 5.74) is 2.02. The van der Waals surface area contributed by atoms with E-state index in [9.17, 15) is 35.8 Å². The van der Waals surface area contributed by atoms with Gasteiger partial charge >= 0.3 is 18.0 Å². The third-order valence-corrected chi connectivity index (χ3v) is 7.86. The van der Waals surface area contributed by atoms with Gasteiger partial charge in [-0.3, -0.25) is 4.98 Å². The molecule has 0 bridgehead atoms. The van der Waals surface area contributed by atoms with E-state index in [1.165, 1.54) is 18.3 Å². The Morgan fingerprint density at radius 2 is 1.68 bits per heavy atom. The third kappa shape index (κ3) is 4.45. The van der Waals surface area contributed by atoms with Crippen LogP contribution in [0.1, 0.15) is 24.2 Å². The van der Waals surface area contributed by atoms with Crippen molar-refractivity contribution in [2.45, 2.75) is 56.9 Å². The Balaban J connectivity index is 1.48. The minimum atomic E-state index is -6.43. The lowest BCUT2D eigenvalue weighted by molar-refractivity contribution is -0.350. The number of aliphatic hydroxyl groups excluding tert-OH is 1. The Kier molecular flexibility index (Phi) is 6.01. The van der Waals surface area contributed by atoms with Crippen molar-refractivity contribution in [1.29, 1.82) is 0 Å². The molecule has 37 heavy (non-hydrogen) atoms. The fraction of sp³-hybridized carbons (Fsp3) is 0.545. The summed E-state index contributed by atoms with van der Waals surface area (Å²) in [6, 6.07) is 1.66. The molecule has 5 rings (SSSR count). The van der Waals surface area contributed by atoms with Gasteiger partial charge in [0.2, 0.25) is 5.95 Å². The van der Waals surface area contributed by atoms with E-state index in [2.05, 4.69) is 25.3 Å². The second-order valence-corrected chi connectivity index (χ2v) is 10.4. The van der Waals surface area contributed by atoms with Gasteiger partial charge in [-0.05, 0) is 44.6 Å². The summed E-state index contributed by atoms with van der Waals surface area (Å²) in [5, 5.41) is 15.4. The molecular formula is C22H21F7N6OS. The van der Waals surface area contributed by atoms with Crippen LogP contribution in [-0.4, -0.2) is 61.8 Å². The van der Waals surface area contributed by atoms with Crippen molar-refractivity contribution in [3.63, 3.8) is 0 Å². The largest absolute Gasteiger partial charge is 0.459 e. The number of nitrogens with one attached hydrogen (secondary N) is 2. The predicted molar refractivity (Wildman–Crippen MR) is 122 cm³/mol. The molecule has 2 aliphatic rings. The Morgan fingerprint density at radius 3 is 2.30 bits per heavy atom. The average molecular weight is 551 g/mol. The van der Waals surface area contributed by atoms with Crippen LogP contribution in [0.15, 0.2) is 12.3 Å². The number of anilines is 2. The van der Waals surface area contributed by atoms with Crippen molar-refractivity contribution in [3.8, 4) is 10.6 Å². The minimum Gasteiger partial charge on any atom is -0.393 e. The van der Waals surface area contributed by atoms with Gasteiger partial charge in [0.25, 0.3) is 0 Å². The number of fused-ring (bicyclic) bond motifs is 2. The summed E-state index contributed by atoms with van der Waals surface area (Å²) < 4.78 is 92.7. The second-order valence-electron chi connectivity index (χ2n) is 9.38. The van der Waals surface area contributed by atoms with E-state index in [0.29, 0.717) is 34.6 Å². The lowest BCUT2D eigenvalue weighted by atomic mass is 10.1. The number of hydrogen-bond donors (Lipinski definition) is 3. The number of alkyl halides is 7. The number of rotatable bonds is 7. The van der Waals surface area contributed by atoms with Crippen molar-refractivity contribution in [2.24, 2.45) is 11.8 Å². The van der Waals surface area contributed by atoms with Gasteiger partial charge in [-0.1, -0.05) is 0 Å². The van der Waals surface area contributed by atoms with Crippen LogP contribution >= 0.6 is 11.3 Å². The van der Waals surface area contributed by atoms with E-state index in [0.717, 1.165) is 4.70 Å². The Hall–Kier alpha value is -2.81. The molecule has 2 aliphatic carbocycles. The highest BCUT2D eigenvalue weighted by atomic mass is 32.1. The maximum absolute atomic E-state index is 13.9. The van der Waals surface area contributed by atoms with E-state index in [-0.39, 0.29) is 35.5 Å². The van der Waals surface area contributed by atoms with E-state index < -0.39 is 30.5 Å². The molecule has 7 nitrogen and oxygen atoms in total. The zero-order chi connectivity index (χ0) is 26.9. The molecule has 0 aromatic carbocycles. The number of thiazole rings is 1. The molecule has 0 spiro atoms. The lowest BCUT2D eigenvalue weighted by Gasteiger charge is -2.28. The molecule has 3 unspecified atom stereocenters. The van der Waals surface area contributed by atoms with Crippen molar-refractivity contribution in [1.82, 2.24) is 19.9 Å². The molecule has 3 aromatic rings. The van der Waals surface area contributed by atoms with Crippen LogP contribution in [0.4, 0.5) is 42.5 Å². The molecule has 3 aromatic heterocycles. The molecule has 0 amide bonds. The van der Waals surface area contributed by atoms with Crippen molar-refractivity contribution in [3.05, 3.63) is 23.7 Å². The number of pyridine rings is 1. The second kappa shape index (κ2) is 8.61. The molecule has 15 heteroatoms. The van der Waals surface area contributed by atoms with Crippen LogP contribution in [0.3, 0.4) is 0 Å². The van der Waals surface area contributed by atoms with Gasteiger partial charge in [0, 0.05) is 12.2 Å². The Labute approximate surface area is 209 Å². The molecule has 0 aliphatic heterocycles. The fourth-order valence-electron chi connectivity index (χ4n) is 4.73. The van der Waals surface area contributed by atoms with Gasteiger partial charge in [0.05, 0.1) is 34.3 Å². The number of halogens is 7. The first kappa shape index (κ1) is 25.8. The van der Waals surface area contributed by atoms with Crippen LogP contribution in [0.25, 0.3) is 20.8 Å². The summed E-state index contributed by atoms with van der Waals surface area (Å²) in [4.78, 5) is 17.1. The van der Waals surface area contributed by atoms with E-state index in [4.69, 9.17) is 0 Å². The summed E-state index contributed by atoms with van der Waals surface area (Å²) in [7, 11) is 0. The minimum absolute atomic E-state index is 0.118. The quantitative estimate of drug-likeness (QED) is 0.349. The zero-order valence-corrected chi connectivity index (χ0v) is 20.2. The first-order chi connectivity index (χ1) is 17.2. The molecule has 2 fully saturated rings. The smallest absolute Gasteiger partial charge is 0.393 e. The van der Waals surface area contributed by atoms with Gasteiger partial charge in [-0.2, -0.15) is 35.7 Å². The average Bonchev–Trinajstić information content (AvgIpc) is 3.16. The topological polar surface area (TPSA) is 95.9 Å². The first-order valence-corrected chi connectivity index (χ1v) is 12.1. The monoisotopic (exact) mass is 550 g/mol. The van der Waals surface area contributed by atoms with Gasteiger partial charge in [0.15, 0.2) is 0 Å². The van der Waals surface area contributed by atoms with E-state index in [1.807, 2.05) is 5.32 Å². The number of aryl methyl sites for hydroxylation is 2. The highest BCUT2D eigenvalue weighted by molar-refractivity contribution is 7.21. The number of aliphatic hydroxyl groups is 1. The van der Waals surface area contributed by atoms with Crippen molar-refractivity contribution < 1.29 is 35.8 Å². The van der Waals surface area contributed by atoms with E-state index in [1.54, 1.807) is 19.2 Å². The van der Waals surface area contributed by atoms with Crippen LogP contribution in [0, 0.1) is 25.7 Å². The lowest BCUT2D eigenvalue weighted by Crippen LogP contribution is -2.55. The number of nitrogens with zero attached hydrogens (tertiary/aromatic N) is 4. The molecule has 200 valence electrons. The Morgan fingerprint density at radius 1 is 1.00 bits per heavy atom. The molecule has 0 saturated heterocycles. The van der Waals surface area contributed by atoms with Crippen LogP contribution in [0.2, 0.25) is 0 Å². The Bertz CT molecular complexity index is 1340. The molecule has 4 atom stereocenters. The standard InChI is InChI=1S/C22H21F7N6OS/c1-8-14(18-34-15-9(2)30-4-3-13(15)37-18)17(33-10-5-11-12(6-10)16(11)36)35-19(32-8)31-7-20(23,24)21(25,26)22(27,28)29/h3-4,10-12,16,36H,5-7H2,1-2H3,(H2,31,32,33,35)/t10?,11-,12?,16?/m0/s1. The maximum atomic E-state index is 13.9. The van der Waals surface area contributed by atoms with Crippen molar-refractivity contribution in [2.75, 3.05) is 17.2 Å². The summed E-state index contributed by atoms with van der Waals surface area (Å²) in [6.45, 7) is 1.28. The van der Waals surface area contributed by atoms with Crippen molar-refractivity contribution >= 4 is 33.3 Å². The van der Waals surface area contributed by atoms with Gasteiger partial charge in [-0.15, -0.1) is 11.3 Å². The van der Waals surface area contributed by atoms with Gasteiger partial charge < -0.3 is 15.7 Å². The van der Waals surface area contributed by atoms with Gasteiger partial charge in [0.1, 0.15) is 16.3 Å². The number of aromatic nitrogens is 4. The van der Waals surface area contributed by atoms with Gasteiger partial charge in [-0.25, -0.2) is 9.97 Å². The molecular weight excluding hydrogens is 529 g/mol. The predicted octanol–water partition coefficient (Wildman–Crippen LogP) is 5.19. The van der Waals surface area contributed by atoms with Crippen LogP contribution < -0.4 is 10.6 Å². The SMILES string of the molecule is Cc1nc(NCC(F)(F)C(F)(F)C(F)(F)F)nc(NC2CC3C(O)[C@H]3C2)c1-c1nc2c(C)nccc2s1. The summed E-state index contributed by atoms with van der Waals surface area (Å²) >= 11 is 1.31. The normalized spacial score (nSPS) is 23.8. The zero-order valence-electron chi connectivity index (χ0n) is 19.4. The highest BCUT2D eigenvalue weighted by Crippen LogP contribution is 2.53. The summed E-state index contributed by atoms with van der Waals surface area (Å²) in [6.07, 6.45) is -3.90. The maximum Gasteiger partial charge on any atom is 0.459 e. The third-order valence-electron chi connectivity index (χ3n) is 6.82. The first-order valence-electron chi connectivity index (χ1n) is 11.3. The molecule has 0 radical (unpaired) electrons. The highest BCUT2D eigenvalue weighted by Gasteiger charge is 2.72.